The highest BCUT2D eigenvalue weighted by molar-refractivity contribution is 6.17. The molecular weight excluding hydrogens is 290 g/mol. The highest BCUT2D eigenvalue weighted by Crippen LogP contribution is 2.31. The number of alkyl halides is 1. The van der Waals surface area contributed by atoms with Crippen LogP contribution in [0.4, 0.5) is 5.69 Å². The van der Waals surface area contributed by atoms with Crippen molar-refractivity contribution in [1.82, 2.24) is 0 Å². The molecule has 0 atom stereocenters. The Morgan fingerprint density at radius 1 is 1.24 bits per heavy atom. The van der Waals surface area contributed by atoms with Gasteiger partial charge in [0.1, 0.15) is 11.5 Å². The van der Waals surface area contributed by atoms with Gasteiger partial charge in [0.05, 0.1) is 10.8 Å². The van der Waals surface area contributed by atoms with E-state index in [1.807, 2.05) is 24.3 Å². The quantitative estimate of drug-likeness (QED) is 0.430. The molecule has 0 aliphatic heterocycles. The summed E-state index contributed by atoms with van der Waals surface area (Å²) in [5, 5.41) is 10.8. The fraction of sp³-hybridized carbons (Fsp3) is 0.250. The SMILES string of the molecule is CC(C)c1cccc(Oc2ccc([N+](=O)[O-])cc2CCl)c1. The first-order valence-electron chi connectivity index (χ1n) is 6.62. The lowest BCUT2D eigenvalue weighted by Crippen LogP contribution is -1.94. The lowest BCUT2D eigenvalue weighted by atomic mass is 10.0. The third-order valence-electron chi connectivity index (χ3n) is 3.15. The predicted molar refractivity (Wildman–Crippen MR) is 83.3 cm³/mol. The van der Waals surface area contributed by atoms with Gasteiger partial charge in [-0.05, 0) is 29.7 Å². The maximum atomic E-state index is 10.8. The van der Waals surface area contributed by atoms with Crippen LogP contribution in [0.5, 0.6) is 11.5 Å². The Morgan fingerprint density at radius 2 is 2.00 bits per heavy atom. The first kappa shape index (κ1) is 15.3. The third kappa shape index (κ3) is 3.73. The van der Waals surface area contributed by atoms with Crippen LogP contribution in [-0.4, -0.2) is 4.92 Å². The van der Waals surface area contributed by atoms with E-state index < -0.39 is 4.92 Å². The molecule has 0 amide bonds. The standard InChI is InChI=1S/C16H16ClNO3/c1-11(2)12-4-3-5-15(9-12)21-16-7-6-14(18(19)20)8-13(16)10-17/h3-9,11H,10H2,1-2H3. The smallest absolute Gasteiger partial charge is 0.270 e. The van der Waals surface area contributed by atoms with Crippen LogP contribution in [-0.2, 0) is 5.88 Å². The van der Waals surface area contributed by atoms with Gasteiger partial charge in [0.2, 0.25) is 0 Å². The van der Waals surface area contributed by atoms with Crippen molar-refractivity contribution in [2.75, 3.05) is 0 Å². The number of benzene rings is 2. The molecule has 0 radical (unpaired) electrons. The minimum atomic E-state index is -0.445. The van der Waals surface area contributed by atoms with Crippen molar-refractivity contribution in [2.24, 2.45) is 0 Å². The van der Waals surface area contributed by atoms with E-state index in [0.717, 1.165) is 0 Å². The molecule has 0 heterocycles. The average molecular weight is 306 g/mol. The van der Waals surface area contributed by atoms with Crippen LogP contribution in [0.15, 0.2) is 42.5 Å². The number of hydrogen-bond donors (Lipinski definition) is 0. The van der Waals surface area contributed by atoms with E-state index in [1.54, 1.807) is 6.07 Å². The number of nitro benzene ring substituents is 1. The molecule has 0 aromatic heterocycles. The summed E-state index contributed by atoms with van der Waals surface area (Å²) >= 11 is 5.85. The molecule has 0 spiro atoms. The van der Waals surface area contributed by atoms with E-state index in [-0.39, 0.29) is 11.6 Å². The Hall–Kier alpha value is -2.07. The number of ether oxygens (including phenoxy) is 1. The van der Waals surface area contributed by atoms with Gasteiger partial charge in [-0.3, -0.25) is 10.1 Å². The number of rotatable bonds is 5. The summed E-state index contributed by atoms with van der Waals surface area (Å²) in [6, 6.07) is 12.2. The Labute approximate surface area is 128 Å². The highest BCUT2D eigenvalue weighted by atomic mass is 35.5. The molecule has 4 nitrogen and oxygen atoms in total. The van der Waals surface area contributed by atoms with E-state index in [2.05, 4.69) is 13.8 Å². The zero-order chi connectivity index (χ0) is 15.4. The second-order valence-corrected chi connectivity index (χ2v) is 5.28. The van der Waals surface area contributed by atoms with Crippen molar-refractivity contribution in [2.45, 2.75) is 25.6 Å². The van der Waals surface area contributed by atoms with E-state index in [0.29, 0.717) is 23.0 Å². The van der Waals surface area contributed by atoms with Crippen LogP contribution >= 0.6 is 11.6 Å². The summed E-state index contributed by atoms with van der Waals surface area (Å²) < 4.78 is 5.82. The van der Waals surface area contributed by atoms with E-state index in [4.69, 9.17) is 16.3 Å². The maximum Gasteiger partial charge on any atom is 0.270 e. The fourth-order valence-corrected chi connectivity index (χ4v) is 2.16. The molecule has 0 saturated heterocycles. The second kappa shape index (κ2) is 6.59. The number of nitrogens with zero attached hydrogens (tertiary/aromatic N) is 1. The van der Waals surface area contributed by atoms with Crippen LogP contribution in [0.1, 0.15) is 30.9 Å². The minimum absolute atomic E-state index is 0.00827. The summed E-state index contributed by atoms with van der Waals surface area (Å²) in [5.41, 5.74) is 1.77. The second-order valence-electron chi connectivity index (χ2n) is 5.01. The van der Waals surface area contributed by atoms with Crippen LogP contribution in [0.2, 0.25) is 0 Å². The number of nitro groups is 1. The Kier molecular flexibility index (Phi) is 4.81. The normalized spacial score (nSPS) is 10.7. The van der Waals surface area contributed by atoms with Gasteiger partial charge in [-0.1, -0.05) is 26.0 Å². The van der Waals surface area contributed by atoms with Gasteiger partial charge in [-0.25, -0.2) is 0 Å². The summed E-state index contributed by atoms with van der Waals surface area (Å²) in [7, 11) is 0. The Bertz CT molecular complexity index is 656. The van der Waals surface area contributed by atoms with E-state index in [9.17, 15) is 10.1 Å². The molecule has 0 fully saturated rings. The van der Waals surface area contributed by atoms with Gasteiger partial charge in [-0.2, -0.15) is 0 Å². The van der Waals surface area contributed by atoms with Crippen LogP contribution < -0.4 is 4.74 Å². The Morgan fingerprint density at radius 3 is 2.62 bits per heavy atom. The average Bonchev–Trinajstić information content (AvgIpc) is 2.47. The number of halogens is 1. The van der Waals surface area contributed by atoms with Gasteiger partial charge >= 0.3 is 0 Å². The number of non-ortho nitro benzene ring substituents is 1. The molecular formula is C16H16ClNO3. The maximum absolute atomic E-state index is 10.8. The van der Waals surface area contributed by atoms with Gasteiger partial charge in [0.25, 0.3) is 5.69 Å². The van der Waals surface area contributed by atoms with Gasteiger partial charge in [0.15, 0.2) is 0 Å². The fourth-order valence-electron chi connectivity index (χ4n) is 1.95. The van der Waals surface area contributed by atoms with Crippen molar-refractivity contribution in [3.8, 4) is 11.5 Å². The van der Waals surface area contributed by atoms with Crippen molar-refractivity contribution >= 4 is 17.3 Å². The first-order chi connectivity index (χ1) is 10.0. The number of hydrogen-bond acceptors (Lipinski definition) is 3. The molecule has 2 rings (SSSR count). The minimum Gasteiger partial charge on any atom is -0.457 e. The van der Waals surface area contributed by atoms with Crippen LogP contribution in [0.25, 0.3) is 0 Å². The summed E-state index contributed by atoms with van der Waals surface area (Å²) in [4.78, 5) is 10.3. The van der Waals surface area contributed by atoms with Crippen molar-refractivity contribution in [3.63, 3.8) is 0 Å². The highest BCUT2D eigenvalue weighted by Gasteiger charge is 2.12. The van der Waals surface area contributed by atoms with E-state index in [1.165, 1.54) is 17.7 Å². The molecule has 5 heteroatoms. The molecule has 21 heavy (non-hydrogen) atoms. The van der Waals surface area contributed by atoms with Gasteiger partial charge < -0.3 is 4.74 Å². The molecule has 2 aromatic carbocycles. The van der Waals surface area contributed by atoms with Crippen LogP contribution in [0, 0.1) is 10.1 Å². The summed E-state index contributed by atoms with van der Waals surface area (Å²) in [5.74, 6) is 1.79. The Balaban J connectivity index is 2.31. The van der Waals surface area contributed by atoms with Crippen LogP contribution in [0.3, 0.4) is 0 Å². The molecule has 0 saturated carbocycles. The largest absolute Gasteiger partial charge is 0.457 e. The molecule has 0 bridgehead atoms. The summed E-state index contributed by atoms with van der Waals surface area (Å²) in [6.07, 6.45) is 0. The monoisotopic (exact) mass is 305 g/mol. The van der Waals surface area contributed by atoms with Crippen molar-refractivity contribution in [3.05, 3.63) is 63.7 Å². The third-order valence-corrected chi connectivity index (χ3v) is 3.44. The van der Waals surface area contributed by atoms with Gasteiger partial charge in [-0.15, -0.1) is 11.6 Å². The molecule has 0 aliphatic carbocycles. The van der Waals surface area contributed by atoms with Crippen molar-refractivity contribution < 1.29 is 9.66 Å². The zero-order valence-electron chi connectivity index (χ0n) is 11.9. The predicted octanol–water partition coefficient (Wildman–Crippen LogP) is 5.25. The zero-order valence-corrected chi connectivity index (χ0v) is 12.6. The van der Waals surface area contributed by atoms with Crippen molar-refractivity contribution in [1.29, 1.82) is 0 Å². The van der Waals surface area contributed by atoms with Gasteiger partial charge in [0, 0.05) is 17.7 Å². The topological polar surface area (TPSA) is 52.4 Å². The lowest BCUT2D eigenvalue weighted by molar-refractivity contribution is -0.384. The summed E-state index contributed by atoms with van der Waals surface area (Å²) in [6.45, 7) is 4.21. The molecule has 0 unspecified atom stereocenters. The molecule has 2 aromatic rings. The molecule has 0 N–H and O–H groups in total. The lowest BCUT2D eigenvalue weighted by Gasteiger charge is -2.12. The van der Waals surface area contributed by atoms with E-state index >= 15 is 0 Å². The first-order valence-corrected chi connectivity index (χ1v) is 7.16. The molecule has 110 valence electrons. The molecule has 0 aliphatic rings.